The second-order valence-corrected chi connectivity index (χ2v) is 6.71. The van der Waals surface area contributed by atoms with Crippen molar-refractivity contribution in [2.75, 3.05) is 26.7 Å². The molecule has 0 unspecified atom stereocenters. The van der Waals surface area contributed by atoms with Crippen molar-refractivity contribution in [3.05, 3.63) is 29.8 Å². The zero-order chi connectivity index (χ0) is 15.9. The number of nitrogens with one attached hydrogen (secondary N) is 1. The molecule has 0 fully saturated rings. The molecule has 0 aromatic heterocycles. The summed E-state index contributed by atoms with van der Waals surface area (Å²) in [5, 5.41) is 0. The summed E-state index contributed by atoms with van der Waals surface area (Å²) in [5.74, 6) is 5.48. The molecule has 116 valence electrons. The number of nitrogens with two attached hydrogens (primary N) is 1. The Hall–Kier alpha value is -1.39. The number of benzene rings is 1. The normalized spacial score (nSPS) is 11.5. The molecule has 0 atom stereocenters. The fourth-order valence-electron chi connectivity index (χ4n) is 1.64. The number of rotatable bonds is 6. The van der Waals surface area contributed by atoms with Gasteiger partial charge < -0.3 is 10.6 Å². The van der Waals surface area contributed by atoms with Gasteiger partial charge in [0.2, 0.25) is 10.0 Å². The van der Waals surface area contributed by atoms with E-state index in [-0.39, 0.29) is 11.4 Å². The van der Waals surface area contributed by atoms with Crippen LogP contribution in [0, 0.1) is 11.8 Å². The fraction of sp³-hybridized carbons (Fsp3) is 0.467. The molecule has 5 nitrogen and oxygen atoms in total. The molecule has 0 radical (unpaired) electrons. The van der Waals surface area contributed by atoms with Crippen molar-refractivity contribution >= 4 is 10.0 Å². The standard InChI is InChI=1S/C15H23N3O2S/c1-13(2)18(3)12-11-17-21(19,20)15-9-5-4-7-14(15)8-6-10-16/h4-5,7,9,13,17H,10-12,16H2,1-3H3. The maximum Gasteiger partial charge on any atom is 0.241 e. The van der Waals surface area contributed by atoms with Gasteiger partial charge in [0.1, 0.15) is 0 Å². The van der Waals surface area contributed by atoms with Gasteiger partial charge in [-0.05, 0) is 33.0 Å². The third-order valence-electron chi connectivity index (χ3n) is 3.14. The van der Waals surface area contributed by atoms with E-state index >= 15 is 0 Å². The Morgan fingerprint density at radius 1 is 1.33 bits per heavy atom. The van der Waals surface area contributed by atoms with E-state index < -0.39 is 10.0 Å². The largest absolute Gasteiger partial charge is 0.320 e. The maximum atomic E-state index is 12.3. The van der Waals surface area contributed by atoms with Crippen LogP contribution in [-0.2, 0) is 10.0 Å². The van der Waals surface area contributed by atoms with Crippen LogP contribution in [0.15, 0.2) is 29.2 Å². The highest BCUT2D eigenvalue weighted by atomic mass is 32.2. The van der Waals surface area contributed by atoms with Gasteiger partial charge in [0, 0.05) is 24.7 Å². The molecule has 0 aliphatic heterocycles. The predicted molar refractivity (Wildman–Crippen MR) is 85.3 cm³/mol. The Bertz CT molecular complexity index is 615. The Morgan fingerprint density at radius 2 is 2.00 bits per heavy atom. The fourth-order valence-corrected chi connectivity index (χ4v) is 2.82. The smallest absolute Gasteiger partial charge is 0.241 e. The van der Waals surface area contributed by atoms with E-state index in [0.29, 0.717) is 24.7 Å². The number of hydrogen-bond donors (Lipinski definition) is 2. The van der Waals surface area contributed by atoms with Crippen LogP contribution < -0.4 is 10.5 Å². The lowest BCUT2D eigenvalue weighted by Crippen LogP contribution is -2.36. The minimum Gasteiger partial charge on any atom is -0.320 e. The SMILES string of the molecule is CC(C)N(C)CCNS(=O)(=O)c1ccccc1C#CCN. The molecular weight excluding hydrogens is 286 g/mol. The Labute approximate surface area is 127 Å². The van der Waals surface area contributed by atoms with Crippen molar-refractivity contribution in [1.29, 1.82) is 0 Å². The Kier molecular flexibility index (Phi) is 6.85. The molecule has 0 saturated heterocycles. The molecule has 1 aromatic carbocycles. The summed E-state index contributed by atoms with van der Waals surface area (Å²) in [6.07, 6.45) is 0. The third kappa shape index (κ3) is 5.48. The highest BCUT2D eigenvalue weighted by Gasteiger charge is 2.17. The van der Waals surface area contributed by atoms with E-state index in [9.17, 15) is 8.42 Å². The molecular formula is C15H23N3O2S. The van der Waals surface area contributed by atoms with Gasteiger partial charge in [-0.3, -0.25) is 0 Å². The molecule has 0 aliphatic carbocycles. The van der Waals surface area contributed by atoms with Crippen LogP contribution in [0.4, 0.5) is 0 Å². The van der Waals surface area contributed by atoms with Crippen LogP contribution in [0.2, 0.25) is 0 Å². The molecule has 0 amide bonds. The highest BCUT2D eigenvalue weighted by molar-refractivity contribution is 7.89. The van der Waals surface area contributed by atoms with Crippen LogP contribution in [0.1, 0.15) is 19.4 Å². The zero-order valence-electron chi connectivity index (χ0n) is 12.8. The summed E-state index contributed by atoms with van der Waals surface area (Å²) in [6.45, 7) is 5.32. The molecule has 0 saturated carbocycles. The van der Waals surface area contributed by atoms with Crippen LogP contribution in [-0.4, -0.2) is 46.0 Å². The van der Waals surface area contributed by atoms with Gasteiger partial charge >= 0.3 is 0 Å². The average molecular weight is 309 g/mol. The van der Waals surface area contributed by atoms with E-state index in [1.54, 1.807) is 24.3 Å². The molecule has 21 heavy (non-hydrogen) atoms. The summed E-state index contributed by atoms with van der Waals surface area (Å²) >= 11 is 0. The third-order valence-corrected chi connectivity index (χ3v) is 4.66. The molecule has 0 spiro atoms. The molecule has 1 rings (SSSR count). The number of sulfonamides is 1. The van der Waals surface area contributed by atoms with E-state index in [4.69, 9.17) is 5.73 Å². The maximum absolute atomic E-state index is 12.3. The number of hydrogen-bond acceptors (Lipinski definition) is 4. The van der Waals surface area contributed by atoms with Crippen molar-refractivity contribution in [3.63, 3.8) is 0 Å². The van der Waals surface area contributed by atoms with Gasteiger partial charge in [-0.2, -0.15) is 0 Å². The first-order valence-electron chi connectivity index (χ1n) is 6.86. The first-order chi connectivity index (χ1) is 9.88. The second-order valence-electron chi connectivity index (χ2n) is 4.97. The lowest BCUT2D eigenvalue weighted by molar-refractivity contribution is 0.278. The first kappa shape index (κ1) is 17.7. The minimum atomic E-state index is -3.56. The summed E-state index contributed by atoms with van der Waals surface area (Å²) in [4.78, 5) is 2.26. The zero-order valence-corrected chi connectivity index (χ0v) is 13.6. The summed E-state index contributed by atoms with van der Waals surface area (Å²) < 4.78 is 27.3. The highest BCUT2D eigenvalue weighted by Crippen LogP contribution is 2.13. The summed E-state index contributed by atoms with van der Waals surface area (Å²) in [5.41, 5.74) is 5.80. The molecule has 6 heteroatoms. The van der Waals surface area contributed by atoms with Crippen LogP contribution in [0.25, 0.3) is 0 Å². The van der Waals surface area contributed by atoms with Gasteiger partial charge in [0.25, 0.3) is 0 Å². The predicted octanol–water partition coefficient (Wildman–Crippen LogP) is 0.615. The van der Waals surface area contributed by atoms with Crippen molar-refractivity contribution in [1.82, 2.24) is 9.62 Å². The lowest BCUT2D eigenvalue weighted by Gasteiger charge is -2.21. The number of likely N-dealkylation sites (N-methyl/N-ethyl adjacent to an activating group) is 1. The van der Waals surface area contributed by atoms with Crippen LogP contribution in [0.5, 0.6) is 0 Å². The topological polar surface area (TPSA) is 75.4 Å². The average Bonchev–Trinajstić information content (AvgIpc) is 2.45. The molecule has 0 aliphatic rings. The monoisotopic (exact) mass is 309 g/mol. The van der Waals surface area contributed by atoms with E-state index in [1.807, 2.05) is 7.05 Å². The van der Waals surface area contributed by atoms with Crippen molar-refractivity contribution in [3.8, 4) is 11.8 Å². The molecule has 0 heterocycles. The van der Waals surface area contributed by atoms with Crippen LogP contribution in [0.3, 0.4) is 0 Å². The second kappa shape index (κ2) is 8.15. The van der Waals surface area contributed by atoms with Crippen molar-refractivity contribution in [2.45, 2.75) is 24.8 Å². The Morgan fingerprint density at radius 3 is 2.62 bits per heavy atom. The summed E-state index contributed by atoms with van der Waals surface area (Å²) in [6, 6.07) is 7.04. The Balaban J connectivity index is 2.84. The van der Waals surface area contributed by atoms with Gasteiger partial charge in [-0.15, -0.1) is 0 Å². The van der Waals surface area contributed by atoms with Gasteiger partial charge in [-0.25, -0.2) is 13.1 Å². The first-order valence-corrected chi connectivity index (χ1v) is 8.34. The quantitative estimate of drug-likeness (QED) is 0.755. The lowest BCUT2D eigenvalue weighted by atomic mass is 10.2. The van der Waals surface area contributed by atoms with Gasteiger partial charge in [0.15, 0.2) is 0 Å². The molecule has 0 bridgehead atoms. The van der Waals surface area contributed by atoms with Crippen molar-refractivity contribution < 1.29 is 8.42 Å². The van der Waals surface area contributed by atoms with Gasteiger partial charge in [-0.1, -0.05) is 24.0 Å². The molecule has 3 N–H and O–H groups in total. The van der Waals surface area contributed by atoms with E-state index in [2.05, 4.69) is 35.3 Å². The minimum absolute atomic E-state index is 0.193. The summed E-state index contributed by atoms with van der Waals surface area (Å²) in [7, 11) is -1.60. The van der Waals surface area contributed by atoms with Crippen LogP contribution >= 0.6 is 0 Å². The number of nitrogens with zero attached hydrogens (tertiary/aromatic N) is 1. The van der Waals surface area contributed by atoms with E-state index in [0.717, 1.165) is 0 Å². The van der Waals surface area contributed by atoms with Gasteiger partial charge in [0.05, 0.1) is 11.4 Å². The van der Waals surface area contributed by atoms with E-state index in [1.165, 1.54) is 0 Å². The molecule has 1 aromatic rings. The van der Waals surface area contributed by atoms with Crippen molar-refractivity contribution in [2.24, 2.45) is 5.73 Å².